The van der Waals surface area contributed by atoms with E-state index in [1.165, 1.54) is 11.6 Å². The molecule has 0 saturated carbocycles. The molecule has 0 aliphatic heterocycles. The molecule has 134 valence electrons. The Balaban J connectivity index is 1.40. The van der Waals surface area contributed by atoms with Crippen LogP contribution in [0.15, 0.2) is 48.5 Å². The molecule has 3 rings (SSSR count). The van der Waals surface area contributed by atoms with E-state index >= 15 is 0 Å². The molecule has 0 fully saturated rings. The molecule has 5 nitrogen and oxygen atoms in total. The number of fused-ring (bicyclic) bond motifs is 1. The zero-order chi connectivity index (χ0) is 18.4. The molecule has 6 heteroatoms. The molecule has 0 radical (unpaired) electrons. The molecule has 0 spiro atoms. The van der Waals surface area contributed by atoms with Crippen molar-refractivity contribution in [2.45, 2.75) is 26.2 Å². The van der Waals surface area contributed by atoms with Crippen molar-refractivity contribution >= 4 is 39.1 Å². The number of hydrogen-bond acceptors (Lipinski definition) is 4. The van der Waals surface area contributed by atoms with Crippen LogP contribution in [0.5, 0.6) is 0 Å². The molecule has 3 aromatic rings. The van der Waals surface area contributed by atoms with Gasteiger partial charge in [-0.2, -0.15) is 0 Å². The highest BCUT2D eigenvalue weighted by Gasteiger charge is 2.05. The monoisotopic (exact) mass is 367 g/mol. The van der Waals surface area contributed by atoms with Gasteiger partial charge < -0.3 is 10.6 Å². The topological polar surface area (TPSA) is 71.1 Å². The molecule has 0 unspecified atom stereocenters. The minimum absolute atomic E-state index is 0.00146. The third-order valence-corrected chi connectivity index (χ3v) is 4.96. The molecule has 26 heavy (non-hydrogen) atoms. The number of rotatable bonds is 7. The number of para-hydroxylation sites is 1. The summed E-state index contributed by atoms with van der Waals surface area (Å²) in [5, 5.41) is 6.76. The van der Waals surface area contributed by atoms with Crippen molar-refractivity contribution in [3.8, 4) is 0 Å². The number of hydrogen-bond donors (Lipinski definition) is 2. The van der Waals surface area contributed by atoms with Gasteiger partial charge in [0.15, 0.2) is 0 Å². The number of anilines is 1. The Hall–Kier alpha value is -2.73. The highest BCUT2D eigenvalue weighted by Crippen LogP contribution is 2.22. The molecule has 0 atom stereocenters. The number of nitrogens with one attached hydrogen (secondary N) is 2. The number of benzene rings is 2. The SMILES string of the molecule is CC(=O)Nc1ccc(CC(=O)NCCCc2nc3ccccc3s2)cc1. The van der Waals surface area contributed by atoms with Crippen LogP contribution in [0, 0.1) is 0 Å². The van der Waals surface area contributed by atoms with Crippen LogP contribution in [0.25, 0.3) is 10.2 Å². The molecular weight excluding hydrogens is 346 g/mol. The number of amides is 2. The van der Waals surface area contributed by atoms with Crippen molar-refractivity contribution < 1.29 is 9.59 Å². The van der Waals surface area contributed by atoms with Crippen molar-refractivity contribution in [1.29, 1.82) is 0 Å². The van der Waals surface area contributed by atoms with Gasteiger partial charge in [-0.15, -0.1) is 11.3 Å². The van der Waals surface area contributed by atoms with Crippen molar-refractivity contribution in [3.05, 3.63) is 59.1 Å². The lowest BCUT2D eigenvalue weighted by atomic mass is 10.1. The maximum Gasteiger partial charge on any atom is 0.224 e. The Morgan fingerprint density at radius 2 is 1.85 bits per heavy atom. The van der Waals surface area contributed by atoms with Gasteiger partial charge in [0, 0.05) is 25.6 Å². The fourth-order valence-corrected chi connectivity index (χ4v) is 3.66. The predicted octanol–water partition coefficient (Wildman–Crippen LogP) is 3.55. The number of aromatic nitrogens is 1. The molecule has 0 aliphatic carbocycles. The summed E-state index contributed by atoms with van der Waals surface area (Å²) in [6, 6.07) is 15.4. The summed E-state index contributed by atoms with van der Waals surface area (Å²) in [5.41, 5.74) is 2.69. The summed E-state index contributed by atoms with van der Waals surface area (Å²) in [4.78, 5) is 27.6. The van der Waals surface area contributed by atoms with Gasteiger partial charge in [-0.25, -0.2) is 4.98 Å². The van der Waals surface area contributed by atoms with E-state index in [-0.39, 0.29) is 11.8 Å². The maximum absolute atomic E-state index is 12.0. The average molecular weight is 367 g/mol. The fourth-order valence-electron chi connectivity index (χ4n) is 2.65. The van der Waals surface area contributed by atoms with Crippen LogP contribution in [0.4, 0.5) is 5.69 Å². The lowest BCUT2D eigenvalue weighted by molar-refractivity contribution is -0.120. The number of aryl methyl sites for hydroxylation is 1. The number of thiazole rings is 1. The Labute approximate surface area is 156 Å². The molecule has 0 saturated heterocycles. The summed E-state index contributed by atoms with van der Waals surface area (Å²) in [5.74, 6) is -0.106. The van der Waals surface area contributed by atoms with E-state index in [9.17, 15) is 9.59 Å². The number of nitrogens with zero attached hydrogens (tertiary/aromatic N) is 1. The van der Waals surface area contributed by atoms with Crippen LogP contribution >= 0.6 is 11.3 Å². The molecule has 0 bridgehead atoms. The number of carbonyl (C=O) groups excluding carboxylic acids is 2. The standard InChI is InChI=1S/C20H21N3O2S/c1-14(24)22-16-10-8-15(9-11-16)13-19(25)21-12-4-7-20-23-17-5-2-3-6-18(17)26-20/h2-3,5-6,8-11H,4,7,12-13H2,1H3,(H,21,25)(H,22,24). The summed E-state index contributed by atoms with van der Waals surface area (Å²) >= 11 is 1.71. The van der Waals surface area contributed by atoms with Crippen molar-refractivity contribution in [3.63, 3.8) is 0 Å². The first kappa shape index (κ1) is 18.1. The fraction of sp³-hybridized carbons (Fsp3) is 0.250. The molecule has 1 heterocycles. The third kappa shape index (κ3) is 5.13. The van der Waals surface area contributed by atoms with Crippen molar-refractivity contribution in [1.82, 2.24) is 10.3 Å². The first-order chi connectivity index (χ1) is 12.6. The van der Waals surface area contributed by atoms with Gasteiger partial charge in [-0.05, 0) is 36.2 Å². The van der Waals surface area contributed by atoms with Crippen molar-refractivity contribution in [2.24, 2.45) is 0 Å². The summed E-state index contributed by atoms with van der Waals surface area (Å²) in [7, 11) is 0. The lowest BCUT2D eigenvalue weighted by Crippen LogP contribution is -2.26. The van der Waals surface area contributed by atoms with E-state index in [0.717, 1.165) is 34.6 Å². The first-order valence-electron chi connectivity index (χ1n) is 8.58. The van der Waals surface area contributed by atoms with E-state index < -0.39 is 0 Å². The van der Waals surface area contributed by atoms with E-state index in [1.54, 1.807) is 23.5 Å². The highest BCUT2D eigenvalue weighted by molar-refractivity contribution is 7.18. The average Bonchev–Trinajstić information content (AvgIpc) is 3.03. The van der Waals surface area contributed by atoms with Gasteiger partial charge in [-0.1, -0.05) is 24.3 Å². The van der Waals surface area contributed by atoms with Gasteiger partial charge in [0.25, 0.3) is 0 Å². The van der Waals surface area contributed by atoms with Crippen LogP contribution in [0.2, 0.25) is 0 Å². The zero-order valence-electron chi connectivity index (χ0n) is 14.6. The molecule has 2 N–H and O–H groups in total. The second-order valence-electron chi connectivity index (χ2n) is 6.08. The van der Waals surface area contributed by atoms with Gasteiger partial charge in [0.05, 0.1) is 21.6 Å². The van der Waals surface area contributed by atoms with Crippen LogP contribution in [-0.2, 0) is 22.4 Å². The smallest absolute Gasteiger partial charge is 0.224 e. The molecule has 0 aliphatic rings. The quantitative estimate of drug-likeness (QED) is 0.628. The summed E-state index contributed by atoms with van der Waals surface area (Å²) < 4.78 is 1.20. The Morgan fingerprint density at radius 3 is 2.58 bits per heavy atom. The molecule has 2 aromatic carbocycles. The molecule has 1 aromatic heterocycles. The Bertz CT molecular complexity index is 870. The molecular formula is C20H21N3O2S. The zero-order valence-corrected chi connectivity index (χ0v) is 15.4. The highest BCUT2D eigenvalue weighted by atomic mass is 32.1. The lowest BCUT2D eigenvalue weighted by Gasteiger charge is -2.06. The van der Waals surface area contributed by atoms with Crippen LogP contribution in [-0.4, -0.2) is 23.3 Å². The Kier molecular flexibility index (Phi) is 5.96. The minimum atomic E-state index is -0.108. The maximum atomic E-state index is 12.0. The summed E-state index contributed by atoms with van der Waals surface area (Å²) in [6.45, 7) is 2.11. The van der Waals surface area contributed by atoms with Gasteiger partial charge in [0.2, 0.25) is 11.8 Å². The van der Waals surface area contributed by atoms with Gasteiger partial charge in [0.1, 0.15) is 0 Å². The second kappa shape index (κ2) is 8.58. The second-order valence-corrected chi connectivity index (χ2v) is 7.20. The van der Waals surface area contributed by atoms with E-state index in [1.807, 2.05) is 30.3 Å². The van der Waals surface area contributed by atoms with E-state index in [4.69, 9.17) is 0 Å². The van der Waals surface area contributed by atoms with Crippen LogP contribution in [0.3, 0.4) is 0 Å². The van der Waals surface area contributed by atoms with Gasteiger partial charge >= 0.3 is 0 Å². The predicted molar refractivity (Wildman–Crippen MR) is 105 cm³/mol. The number of carbonyl (C=O) groups is 2. The summed E-state index contributed by atoms with van der Waals surface area (Å²) in [6.07, 6.45) is 2.07. The molecule has 2 amide bonds. The first-order valence-corrected chi connectivity index (χ1v) is 9.39. The minimum Gasteiger partial charge on any atom is -0.356 e. The van der Waals surface area contributed by atoms with E-state index in [2.05, 4.69) is 21.7 Å². The largest absolute Gasteiger partial charge is 0.356 e. The van der Waals surface area contributed by atoms with Gasteiger partial charge in [-0.3, -0.25) is 9.59 Å². The van der Waals surface area contributed by atoms with E-state index in [0.29, 0.717) is 13.0 Å². The van der Waals surface area contributed by atoms with Crippen LogP contribution in [0.1, 0.15) is 23.9 Å². The van der Waals surface area contributed by atoms with Crippen LogP contribution < -0.4 is 10.6 Å². The third-order valence-electron chi connectivity index (χ3n) is 3.87. The Morgan fingerprint density at radius 1 is 1.08 bits per heavy atom. The van der Waals surface area contributed by atoms with Crippen molar-refractivity contribution in [2.75, 3.05) is 11.9 Å². The normalized spacial score (nSPS) is 10.7.